The maximum atomic E-state index is 14.2. The van der Waals surface area contributed by atoms with Gasteiger partial charge in [0.2, 0.25) is 5.91 Å². The molecule has 0 unspecified atom stereocenters. The van der Waals surface area contributed by atoms with Crippen molar-refractivity contribution in [1.82, 2.24) is 24.9 Å². The van der Waals surface area contributed by atoms with Crippen LogP contribution in [0.4, 0.5) is 4.39 Å². The highest BCUT2D eigenvalue weighted by Gasteiger charge is 2.17. The summed E-state index contributed by atoms with van der Waals surface area (Å²) in [5, 5.41) is 10.8. The van der Waals surface area contributed by atoms with Crippen molar-refractivity contribution in [2.24, 2.45) is 0 Å². The number of halogens is 1. The number of benzene rings is 1. The fourth-order valence-corrected chi connectivity index (χ4v) is 4.03. The van der Waals surface area contributed by atoms with E-state index in [2.05, 4.69) is 20.4 Å². The number of thiazole rings is 1. The van der Waals surface area contributed by atoms with E-state index >= 15 is 0 Å². The number of rotatable bonds is 6. The molecule has 3 aromatic heterocycles. The summed E-state index contributed by atoms with van der Waals surface area (Å²) >= 11 is 1.59. The minimum atomic E-state index is -0.328. The van der Waals surface area contributed by atoms with Crippen LogP contribution in [0.15, 0.2) is 29.8 Å². The molecular weight excluding hydrogens is 377 g/mol. The zero-order valence-electron chi connectivity index (χ0n) is 15.7. The van der Waals surface area contributed by atoms with E-state index in [0.29, 0.717) is 35.9 Å². The molecule has 0 spiro atoms. The second-order valence-corrected chi connectivity index (χ2v) is 7.64. The largest absolute Gasteiger partial charge is 0.356 e. The Labute approximate surface area is 165 Å². The van der Waals surface area contributed by atoms with Crippen LogP contribution in [-0.2, 0) is 17.6 Å². The monoisotopic (exact) mass is 397 g/mol. The molecule has 6 nitrogen and oxygen atoms in total. The highest BCUT2D eigenvalue weighted by atomic mass is 32.1. The Morgan fingerprint density at radius 3 is 2.93 bits per heavy atom. The summed E-state index contributed by atoms with van der Waals surface area (Å²) < 4.78 is 15.9. The molecule has 0 aliphatic rings. The standard InChI is InChI=1S/C20H20FN5OS/c1-12-14(6-7-17(27)22-9-8-18-23-10-11-28-18)13(2)26-20(24-12)19-15(21)4-3-5-16(19)25-26/h3-5,10-11H,6-9H2,1-2H3,(H,22,27). The zero-order chi connectivity index (χ0) is 19.7. The molecule has 4 aromatic rings. The van der Waals surface area contributed by atoms with Gasteiger partial charge < -0.3 is 5.32 Å². The molecule has 3 heterocycles. The zero-order valence-corrected chi connectivity index (χ0v) is 16.5. The summed E-state index contributed by atoms with van der Waals surface area (Å²) in [6, 6.07) is 4.83. The first kappa shape index (κ1) is 18.5. The van der Waals surface area contributed by atoms with Crippen molar-refractivity contribution in [1.29, 1.82) is 0 Å². The average Bonchev–Trinajstić information content (AvgIpc) is 3.30. The number of carbonyl (C=O) groups is 1. The predicted octanol–water partition coefficient (Wildman–Crippen LogP) is 3.39. The van der Waals surface area contributed by atoms with Crippen molar-refractivity contribution in [3.8, 4) is 0 Å². The molecule has 144 valence electrons. The molecule has 28 heavy (non-hydrogen) atoms. The van der Waals surface area contributed by atoms with Gasteiger partial charge in [-0.05, 0) is 38.0 Å². The number of nitrogens with zero attached hydrogens (tertiary/aromatic N) is 4. The number of nitrogens with one attached hydrogen (secondary N) is 1. The van der Waals surface area contributed by atoms with Crippen molar-refractivity contribution in [2.45, 2.75) is 33.1 Å². The van der Waals surface area contributed by atoms with Crippen LogP contribution < -0.4 is 5.32 Å². The first-order valence-electron chi connectivity index (χ1n) is 9.12. The fraction of sp³-hybridized carbons (Fsp3) is 0.300. The highest BCUT2D eigenvalue weighted by molar-refractivity contribution is 7.09. The summed E-state index contributed by atoms with van der Waals surface area (Å²) in [5.74, 6) is -0.335. The molecule has 0 bridgehead atoms. The minimum Gasteiger partial charge on any atom is -0.356 e. The van der Waals surface area contributed by atoms with Crippen LogP contribution in [0.3, 0.4) is 0 Å². The number of fused-ring (bicyclic) bond motifs is 3. The van der Waals surface area contributed by atoms with Gasteiger partial charge in [0.25, 0.3) is 0 Å². The van der Waals surface area contributed by atoms with E-state index in [1.165, 1.54) is 6.07 Å². The van der Waals surface area contributed by atoms with Crippen molar-refractivity contribution < 1.29 is 9.18 Å². The quantitative estimate of drug-likeness (QED) is 0.541. The molecule has 0 radical (unpaired) electrons. The number of carbonyl (C=O) groups excluding carboxylic acids is 1. The van der Waals surface area contributed by atoms with Gasteiger partial charge in [-0.1, -0.05) is 6.07 Å². The Hall–Kier alpha value is -2.87. The molecular formula is C20H20FN5OS. The summed E-state index contributed by atoms with van der Waals surface area (Å²) in [6.45, 7) is 4.40. The summed E-state index contributed by atoms with van der Waals surface area (Å²) in [4.78, 5) is 21.0. The summed E-state index contributed by atoms with van der Waals surface area (Å²) in [6.07, 6.45) is 3.42. The fourth-order valence-electron chi connectivity index (χ4n) is 3.41. The normalized spacial score (nSPS) is 11.4. The van der Waals surface area contributed by atoms with Gasteiger partial charge in [-0.15, -0.1) is 11.3 Å². The van der Waals surface area contributed by atoms with Crippen LogP contribution >= 0.6 is 11.3 Å². The van der Waals surface area contributed by atoms with Gasteiger partial charge in [0, 0.05) is 42.4 Å². The first-order valence-corrected chi connectivity index (χ1v) is 10.0. The molecule has 0 fully saturated rings. The lowest BCUT2D eigenvalue weighted by Crippen LogP contribution is -2.26. The van der Waals surface area contributed by atoms with E-state index < -0.39 is 0 Å². The van der Waals surface area contributed by atoms with Crippen molar-refractivity contribution in [3.63, 3.8) is 0 Å². The van der Waals surface area contributed by atoms with Crippen LogP contribution in [0, 0.1) is 19.7 Å². The van der Waals surface area contributed by atoms with Gasteiger partial charge in [0.1, 0.15) is 5.82 Å². The van der Waals surface area contributed by atoms with E-state index in [-0.39, 0.29) is 11.7 Å². The maximum absolute atomic E-state index is 14.2. The van der Waals surface area contributed by atoms with Crippen LogP contribution in [0.25, 0.3) is 16.6 Å². The van der Waals surface area contributed by atoms with Gasteiger partial charge >= 0.3 is 0 Å². The molecule has 1 N–H and O–H groups in total. The van der Waals surface area contributed by atoms with Gasteiger partial charge in [-0.3, -0.25) is 4.79 Å². The number of aromatic nitrogens is 4. The molecule has 0 atom stereocenters. The average molecular weight is 397 g/mol. The third kappa shape index (κ3) is 3.47. The molecule has 0 aliphatic carbocycles. The van der Waals surface area contributed by atoms with E-state index in [1.54, 1.807) is 34.2 Å². The van der Waals surface area contributed by atoms with E-state index in [0.717, 1.165) is 28.4 Å². The summed E-state index contributed by atoms with van der Waals surface area (Å²) in [7, 11) is 0. The topological polar surface area (TPSA) is 72.2 Å². The number of aryl methyl sites for hydroxylation is 2. The van der Waals surface area contributed by atoms with Crippen molar-refractivity contribution >= 4 is 33.8 Å². The van der Waals surface area contributed by atoms with E-state index in [9.17, 15) is 9.18 Å². The van der Waals surface area contributed by atoms with Crippen LogP contribution in [0.1, 0.15) is 28.4 Å². The second kappa shape index (κ2) is 7.63. The number of amides is 1. The van der Waals surface area contributed by atoms with Gasteiger partial charge in [-0.2, -0.15) is 5.10 Å². The smallest absolute Gasteiger partial charge is 0.220 e. The van der Waals surface area contributed by atoms with Crippen LogP contribution in [-0.4, -0.2) is 32.0 Å². The Morgan fingerprint density at radius 2 is 2.14 bits per heavy atom. The van der Waals surface area contributed by atoms with E-state index in [4.69, 9.17) is 0 Å². The SMILES string of the molecule is Cc1nc2c3c(F)cccc3nn2c(C)c1CCC(=O)NCCc1nccs1. The third-order valence-electron chi connectivity index (χ3n) is 4.83. The minimum absolute atomic E-state index is 0.00729. The molecule has 0 aliphatic heterocycles. The Balaban J connectivity index is 1.50. The molecule has 0 saturated carbocycles. The van der Waals surface area contributed by atoms with Gasteiger partial charge in [0.05, 0.1) is 15.9 Å². The Kier molecular flexibility index (Phi) is 5.04. The predicted molar refractivity (Wildman–Crippen MR) is 107 cm³/mol. The second-order valence-electron chi connectivity index (χ2n) is 6.66. The maximum Gasteiger partial charge on any atom is 0.220 e. The molecule has 1 amide bonds. The third-order valence-corrected chi connectivity index (χ3v) is 5.67. The summed E-state index contributed by atoms with van der Waals surface area (Å²) in [5.41, 5.74) is 3.74. The van der Waals surface area contributed by atoms with Crippen LogP contribution in [0.2, 0.25) is 0 Å². The van der Waals surface area contributed by atoms with Crippen LogP contribution in [0.5, 0.6) is 0 Å². The molecule has 1 aromatic carbocycles. The highest BCUT2D eigenvalue weighted by Crippen LogP contribution is 2.25. The number of hydrogen-bond donors (Lipinski definition) is 1. The lowest BCUT2D eigenvalue weighted by molar-refractivity contribution is -0.121. The van der Waals surface area contributed by atoms with Gasteiger partial charge in [0.15, 0.2) is 5.65 Å². The number of hydrogen-bond acceptors (Lipinski definition) is 5. The van der Waals surface area contributed by atoms with E-state index in [1.807, 2.05) is 19.2 Å². The van der Waals surface area contributed by atoms with Crippen molar-refractivity contribution in [3.05, 3.63) is 57.6 Å². The molecule has 8 heteroatoms. The molecule has 0 saturated heterocycles. The Morgan fingerprint density at radius 1 is 1.29 bits per heavy atom. The van der Waals surface area contributed by atoms with Gasteiger partial charge in [-0.25, -0.2) is 18.9 Å². The first-order chi connectivity index (χ1) is 13.5. The van der Waals surface area contributed by atoms with Crippen molar-refractivity contribution in [2.75, 3.05) is 6.54 Å². The Bertz CT molecular complexity index is 1150. The molecule has 4 rings (SSSR count). The lowest BCUT2D eigenvalue weighted by Gasteiger charge is -2.11. The lowest BCUT2D eigenvalue weighted by atomic mass is 10.1.